The van der Waals surface area contributed by atoms with Gasteiger partial charge in [-0.15, -0.1) is 0 Å². The van der Waals surface area contributed by atoms with Crippen molar-refractivity contribution >= 4 is 27.6 Å². The number of hydrogen-bond donors (Lipinski definition) is 2. The van der Waals surface area contributed by atoms with Gasteiger partial charge in [0.15, 0.2) is 0 Å². The van der Waals surface area contributed by atoms with E-state index in [1.165, 1.54) is 11.5 Å². The van der Waals surface area contributed by atoms with Gasteiger partial charge in [-0.05, 0) is 58.5 Å². The Balaban J connectivity index is 1.50. The maximum Gasteiger partial charge on any atom is 0.247 e. The van der Waals surface area contributed by atoms with Crippen molar-refractivity contribution in [3.05, 3.63) is 119 Å². The van der Waals surface area contributed by atoms with Crippen LogP contribution in [0.2, 0.25) is 0 Å². The van der Waals surface area contributed by atoms with Gasteiger partial charge in [-0.25, -0.2) is 0 Å². The molecule has 0 saturated heterocycles. The Morgan fingerprint density at radius 3 is 2.69 bits per heavy atom. The molecule has 0 radical (unpaired) electrons. The average molecular weight is 459 g/mol. The minimum atomic E-state index is -0.224. The third-order valence-corrected chi connectivity index (χ3v) is 6.24. The SMILES string of the molecule is Cn1ccc2ccc(-c3cc(N[C@@H](c4cccnc4)c4ccc(=O)[nH]c4)cc4nccnc34)cc21. The van der Waals surface area contributed by atoms with Crippen molar-refractivity contribution < 1.29 is 0 Å². The van der Waals surface area contributed by atoms with E-state index in [2.05, 4.69) is 66.3 Å². The van der Waals surface area contributed by atoms with Gasteiger partial charge in [0.05, 0.1) is 17.1 Å². The second-order valence-electron chi connectivity index (χ2n) is 8.50. The fraction of sp³-hybridized carbons (Fsp3) is 0.0714. The molecule has 2 N–H and O–H groups in total. The van der Waals surface area contributed by atoms with Crippen LogP contribution in [0.4, 0.5) is 5.69 Å². The molecule has 4 heterocycles. The zero-order valence-corrected chi connectivity index (χ0v) is 19.0. The van der Waals surface area contributed by atoms with Crippen LogP contribution in [0.3, 0.4) is 0 Å². The van der Waals surface area contributed by atoms with Crippen molar-refractivity contribution in [2.24, 2.45) is 7.05 Å². The van der Waals surface area contributed by atoms with Crippen LogP contribution in [0.15, 0.2) is 103 Å². The van der Waals surface area contributed by atoms with E-state index in [1.54, 1.807) is 24.8 Å². The van der Waals surface area contributed by atoms with E-state index in [1.807, 2.05) is 37.5 Å². The average Bonchev–Trinajstić information content (AvgIpc) is 3.28. The van der Waals surface area contributed by atoms with Crippen molar-refractivity contribution in [2.75, 3.05) is 5.32 Å². The van der Waals surface area contributed by atoms with E-state index in [-0.39, 0.29) is 11.6 Å². The molecule has 170 valence electrons. The highest BCUT2D eigenvalue weighted by atomic mass is 16.1. The molecular formula is C28H22N6O. The fourth-order valence-electron chi connectivity index (χ4n) is 4.48. The molecule has 0 fully saturated rings. The summed E-state index contributed by atoms with van der Waals surface area (Å²) >= 11 is 0. The highest BCUT2D eigenvalue weighted by Crippen LogP contribution is 2.34. The molecule has 0 unspecified atom stereocenters. The monoisotopic (exact) mass is 458 g/mol. The Morgan fingerprint density at radius 1 is 0.943 bits per heavy atom. The quantitative estimate of drug-likeness (QED) is 0.376. The molecule has 6 rings (SSSR count). The second kappa shape index (κ2) is 8.53. The highest BCUT2D eigenvalue weighted by Gasteiger charge is 2.17. The van der Waals surface area contributed by atoms with Crippen LogP contribution >= 0.6 is 0 Å². The molecule has 7 heteroatoms. The zero-order valence-electron chi connectivity index (χ0n) is 19.0. The molecule has 0 aliphatic carbocycles. The lowest BCUT2D eigenvalue weighted by Gasteiger charge is -2.21. The minimum absolute atomic E-state index is 0.141. The van der Waals surface area contributed by atoms with E-state index in [0.29, 0.717) is 0 Å². The number of aromatic nitrogens is 5. The van der Waals surface area contributed by atoms with Gasteiger partial charge in [-0.3, -0.25) is 19.7 Å². The van der Waals surface area contributed by atoms with E-state index >= 15 is 0 Å². The van der Waals surface area contributed by atoms with Gasteiger partial charge in [0.1, 0.15) is 0 Å². The van der Waals surface area contributed by atoms with Crippen molar-refractivity contribution in [3.63, 3.8) is 0 Å². The van der Waals surface area contributed by atoms with Gasteiger partial charge in [0.2, 0.25) is 5.56 Å². The lowest BCUT2D eigenvalue weighted by atomic mass is 9.99. The molecule has 0 bridgehead atoms. The first-order valence-corrected chi connectivity index (χ1v) is 11.3. The summed E-state index contributed by atoms with van der Waals surface area (Å²) in [5, 5.41) is 4.83. The number of nitrogens with one attached hydrogen (secondary N) is 2. The van der Waals surface area contributed by atoms with Crippen LogP contribution in [0, 0.1) is 0 Å². The molecule has 0 saturated carbocycles. The molecule has 0 spiro atoms. The first-order valence-electron chi connectivity index (χ1n) is 11.3. The fourth-order valence-corrected chi connectivity index (χ4v) is 4.48. The summed E-state index contributed by atoms with van der Waals surface area (Å²) in [6, 6.07) is 19.7. The summed E-state index contributed by atoms with van der Waals surface area (Å²) in [6.45, 7) is 0. The number of hydrogen-bond acceptors (Lipinski definition) is 5. The Kier molecular flexibility index (Phi) is 5.07. The van der Waals surface area contributed by atoms with Crippen molar-refractivity contribution in [3.8, 4) is 11.1 Å². The number of anilines is 1. The zero-order chi connectivity index (χ0) is 23.8. The summed E-state index contributed by atoms with van der Waals surface area (Å²) in [7, 11) is 2.05. The van der Waals surface area contributed by atoms with Gasteiger partial charge >= 0.3 is 0 Å². The Bertz CT molecular complexity index is 1700. The predicted molar refractivity (Wildman–Crippen MR) is 138 cm³/mol. The first-order chi connectivity index (χ1) is 17.2. The number of benzene rings is 2. The van der Waals surface area contributed by atoms with E-state index < -0.39 is 0 Å². The van der Waals surface area contributed by atoms with Gasteiger partial charge in [0, 0.05) is 67.1 Å². The van der Waals surface area contributed by atoms with Gasteiger partial charge < -0.3 is 14.9 Å². The number of rotatable bonds is 5. The smallest absolute Gasteiger partial charge is 0.247 e. The molecule has 0 amide bonds. The highest BCUT2D eigenvalue weighted by molar-refractivity contribution is 5.97. The number of nitrogens with zero attached hydrogens (tertiary/aromatic N) is 4. The topological polar surface area (TPSA) is 88.5 Å². The van der Waals surface area contributed by atoms with E-state index in [0.717, 1.165) is 44.5 Å². The third kappa shape index (κ3) is 3.93. The summed E-state index contributed by atoms with van der Waals surface area (Å²) in [5.41, 5.74) is 7.49. The Morgan fingerprint density at radius 2 is 1.86 bits per heavy atom. The molecule has 6 aromatic rings. The molecular weight excluding hydrogens is 436 g/mol. The number of pyridine rings is 2. The maximum absolute atomic E-state index is 11.7. The van der Waals surface area contributed by atoms with Crippen molar-refractivity contribution in [1.29, 1.82) is 0 Å². The van der Waals surface area contributed by atoms with Crippen molar-refractivity contribution in [2.45, 2.75) is 6.04 Å². The van der Waals surface area contributed by atoms with Crippen LogP contribution in [0.25, 0.3) is 33.1 Å². The molecule has 0 aliphatic rings. The second-order valence-corrected chi connectivity index (χ2v) is 8.50. The number of fused-ring (bicyclic) bond motifs is 2. The molecule has 7 nitrogen and oxygen atoms in total. The summed E-state index contributed by atoms with van der Waals surface area (Å²) in [4.78, 5) is 28.0. The molecule has 2 aromatic carbocycles. The molecule has 0 aliphatic heterocycles. The van der Waals surface area contributed by atoms with Crippen LogP contribution in [0.1, 0.15) is 17.2 Å². The third-order valence-electron chi connectivity index (χ3n) is 6.24. The number of aryl methyl sites for hydroxylation is 1. The Labute approximate surface area is 201 Å². The van der Waals surface area contributed by atoms with Crippen LogP contribution in [-0.4, -0.2) is 24.5 Å². The first kappa shape index (κ1) is 20.8. The molecule has 35 heavy (non-hydrogen) atoms. The largest absolute Gasteiger partial charge is 0.374 e. The number of aromatic amines is 1. The lowest BCUT2D eigenvalue weighted by molar-refractivity contribution is 0.914. The summed E-state index contributed by atoms with van der Waals surface area (Å²) in [6.07, 6.45) is 10.8. The van der Waals surface area contributed by atoms with Gasteiger partial charge in [0.25, 0.3) is 0 Å². The van der Waals surface area contributed by atoms with E-state index in [9.17, 15) is 4.79 Å². The normalized spacial score (nSPS) is 12.1. The minimum Gasteiger partial charge on any atom is -0.374 e. The summed E-state index contributed by atoms with van der Waals surface area (Å²) < 4.78 is 2.11. The standard InChI is InChI=1S/C28H22N6O/c1-34-12-8-18-4-5-19(13-25(18)34)23-14-22(15-24-28(23)31-11-10-30-24)33-27(20-3-2-9-29-16-20)21-6-7-26(35)32-17-21/h2-17,27,33H,1H3,(H,32,35)/t27-/m0/s1. The lowest BCUT2D eigenvalue weighted by Crippen LogP contribution is -2.15. The van der Waals surface area contributed by atoms with Crippen LogP contribution < -0.4 is 10.9 Å². The van der Waals surface area contributed by atoms with Crippen LogP contribution in [-0.2, 0) is 7.05 Å². The number of H-pyrrole nitrogens is 1. The van der Waals surface area contributed by atoms with Gasteiger partial charge in [-0.2, -0.15) is 0 Å². The molecule has 4 aromatic heterocycles. The van der Waals surface area contributed by atoms with Crippen LogP contribution in [0.5, 0.6) is 0 Å². The van der Waals surface area contributed by atoms with E-state index in [4.69, 9.17) is 0 Å². The van der Waals surface area contributed by atoms with Crippen molar-refractivity contribution in [1.82, 2.24) is 24.5 Å². The molecule has 1 atom stereocenters. The maximum atomic E-state index is 11.7. The van der Waals surface area contributed by atoms with Gasteiger partial charge in [-0.1, -0.05) is 18.2 Å². The predicted octanol–water partition coefficient (Wildman–Crippen LogP) is 5.07. The summed E-state index contributed by atoms with van der Waals surface area (Å²) in [5.74, 6) is 0. The Hall–Kier alpha value is -4.78.